The first kappa shape index (κ1) is 10.4. The third-order valence-electron chi connectivity index (χ3n) is 2.33. The number of halogens is 1. The van der Waals surface area contributed by atoms with Gasteiger partial charge in [-0.3, -0.25) is 0 Å². The molecule has 0 fully saturated rings. The minimum absolute atomic E-state index is 0.228. The number of benzene rings is 1. The monoisotopic (exact) mass is 217 g/mol. The molecule has 3 N–H and O–H groups in total. The lowest BCUT2D eigenvalue weighted by atomic mass is 10.2. The maximum Gasteiger partial charge on any atom is 0.128 e. The van der Waals surface area contributed by atoms with Crippen molar-refractivity contribution in [2.75, 3.05) is 11.1 Å². The molecule has 1 aromatic carbocycles. The number of pyridine rings is 1. The van der Waals surface area contributed by atoms with E-state index in [1.165, 1.54) is 6.07 Å². The van der Waals surface area contributed by atoms with Crippen LogP contribution in [0.4, 0.5) is 21.6 Å². The molecule has 2 rings (SSSR count). The van der Waals surface area contributed by atoms with Gasteiger partial charge in [0.2, 0.25) is 0 Å². The van der Waals surface area contributed by atoms with E-state index >= 15 is 0 Å². The molecule has 0 bridgehead atoms. The number of aromatic nitrogens is 1. The van der Waals surface area contributed by atoms with Crippen LogP contribution in [0.3, 0.4) is 0 Å². The molecule has 0 aliphatic heterocycles. The van der Waals surface area contributed by atoms with Crippen molar-refractivity contribution in [2.24, 2.45) is 0 Å². The SMILES string of the molecule is Cc1c(F)cccc1Nc1ccc(N)nc1. The van der Waals surface area contributed by atoms with E-state index in [0.29, 0.717) is 11.4 Å². The van der Waals surface area contributed by atoms with E-state index in [1.54, 1.807) is 31.3 Å². The van der Waals surface area contributed by atoms with Gasteiger partial charge in [0.15, 0.2) is 0 Å². The number of nitrogens with two attached hydrogens (primary N) is 1. The van der Waals surface area contributed by atoms with Crippen LogP contribution in [0.15, 0.2) is 36.5 Å². The average molecular weight is 217 g/mol. The molecule has 0 saturated heterocycles. The Balaban J connectivity index is 2.27. The van der Waals surface area contributed by atoms with Crippen molar-refractivity contribution in [3.05, 3.63) is 47.9 Å². The van der Waals surface area contributed by atoms with Crippen LogP contribution in [0, 0.1) is 12.7 Å². The van der Waals surface area contributed by atoms with Crippen LogP contribution in [0.2, 0.25) is 0 Å². The summed E-state index contributed by atoms with van der Waals surface area (Å²) in [4.78, 5) is 3.95. The maximum atomic E-state index is 13.3. The van der Waals surface area contributed by atoms with Gasteiger partial charge in [0.05, 0.1) is 11.9 Å². The molecule has 82 valence electrons. The highest BCUT2D eigenvalue weighted by atomic mass is 19.1. The number of hydrogen-bond acceptors (Lipinski definition) is 3. The predicted octanol–water partition coefficient (Wildman–Crippen LogP) is 2.85. The predicted molar refractivity (Wildman–Crippen MR) is 63.1 cm³/mol. The zero-order valence-electron chi connectivity index (χ0n) is 8.87. The van der Waals surface area contributed by atoms with Crippen molar-refractivity contribution < 1.29 is 4.39 Å². The summed E-state index contributed by atoms with van der Waals surface area (Å²) in [6.45, 7) is 1.72. The van der Waals surface area contributed by atoms with Crippen molar-refractivity contribution >= 4 is 17.2 Å². The second-order valence-electron chi connectivity index (χ2n) is 3.51. The minimum Gasteiger partial charge on any atom is -0.384 e. The fourth-order valence-corrected chi connectivity index (χ4v) is 1.38. The second kappa shape index (κ2) is 4.18. The first-order valence-electron chi connectivity index (χ1n) is 4.90. The highest BCUT2D eigenvalue weighted by Gasteiger charge is 2.03. The second-order valence-corrected chi connectivity index (χ2v) is 3.51. The summed E-state index contributed by atoms with van der Waals surface area (Å²) in [7, 11) is 0. The van der Waals surface area contributed by atoms with E-state index in [2.05, 4.69) is 10.3 Å². The molecular weight excluding hydrogens is 205 g/mol. The van der Waals surface area contributed by atoms with Gasteiger partial charge in [-0.1, -0.05) is 6.07 Å². The summed E-state index contributed by atoms with van der Waals surface area (Å²) < 4.78 is 13.3. The quantitative estimate of drug-likeness (QED) is 0.813. The molecule has 2 aromatic rings. The Morgan fingerprint density at radius 3 is 2.75 bits per heavy atom. The molecule has 0 amide bonds. The van der Waals surface area contributed by atoms with Crippen molar-refractivity contribution in [3.63, 3.8) is 0 Å². The van der Waals surface area contributed by atoms with Gasteiger partial charge in [0, 0.05) is 11.3 Å². The maximum absolute atomic E-state index is 13.3. The minimum atomic E-state index is -0.228. The number of nitrogen functional groups attached to an aromatic ring is 1. The largest absolute Gasteiger partial charge is 0.384 e. The standard InChI is InChI=1S/C12H12FN3/c1-8-10(13)3-2-4-11(8)16-9-5-6-12(14)15-7-9/h2-7,16H,1H3,(H2,14,15). The van der Waals surface area contributed by atoms with Crippen molar-refractivity contribution in [2.45, 2.75) is 6.92 Å². The molecule has 0 atom stereocenters. The third kappa shape index (κ3) is 2.11. The highest BCUT2D eigenvalue weighted by Crippen LogP contribution is 2.21. The van der Waals surface area contributed by atoms with E-state index in [4.69, 9.17) is 5.73 Å². The molecule has 4 heteroatoms. The zero-order valence-corrected chi connectivity index (χ0v) is 8.87. The Bertz CT molecular complexity index is 494. The molecule has 1 heterocycles. The van der Waals surface area contributed by atoms with Crippen LogP contribution in [-0.4, -0.2) is 4.98 Å². The van der Waals surface area contributed by atoms with Gasteiger partial charge in [0.25, 0.3) is 0 Å². The lowest BCUT2D eigenvalue weighted by Crippen LogP contribution is -1.96. The molecule has 0 saturated carbocycles. The Labute approximate surface area is 93.1 Å². The molecule has 16 heavy (non-hydrogen) atoms. The van der Waals surface area contributed by atoms with E-state index in [9.17, 15) is 4.39 Å². The van der Waals surface area contributed by atoms with Crippen molar-refractivity contribution in [3.8, 4) is 0 Å². The normalized spacial score (nSPS) is 10.1. The number of anilines is 3. The van der Waals surface area contributed by atoms with Gasteiger partial charge >= 0.3 is 0 Å². The van der Waals surface area contributed by atoms with E-state index in [0.717, 1.165) is 11.4 Å². The third-order valence-corrected chi connectivity index (χ3v) is 2.33. The summed E-state index contributed by atoms with van der Waals surface area (Å²) in [5, 5.41) is 3.08. The molecule has 1 aromatic heterocycles. The van der Waals surface area contributed by atoms with Gasteiger partial charge in [-0.05, 0) is 31.2 Å². The smallest absolute Gasteiger partial charge is 0.128 e. The summed E-state index contributed by atoms with van der Waals surface area (Å²) in [5.41, 5.74) is 7.57. The number of hydrogen-bond donors (Lipinski definition) is 2. The van der Waals surface area contributed by atoms with Crippen LogP contribution < -0.4 is 11.1 Å². The van der Waals surface area contributed by atoms with Crippen LogP contribution in [0.5, 0.6) is 0 Å². The summed E-state index contributed by atoms with van der Waals surface area (Å²) >= 11 is 0. The topological polar surface area (TPSA) is 50.9 Å². The van der Waals surface area contributed by atoms with Crippen LogP contribution in [0.25, 0.3) is 0 Å². The molecule has 3 nitrogen and oxygen atoms in total. The summed E-state index contributed by atoms with van der Waals surface area (Å²) in [5.74, 6) is 0.231. The fraction of sp³-hybridized carbons (Fsp3) is 0.0833. The molecule has 0 spiro atoms. The first-order valence-corrected chi connectivity index (χ1v) is 4.90. The van der Waals surface area contributed by atoms with Gasteiger partial charge in [0.1, 0.15) is 11.6 Å². The number of rotatable bonds is 2. The molecule has 0 unspecified atom stereocenters. The molecular formula is C12H12FN3. The average Bonchev–Trinajstić information content (AvgIpc) is 2.28. The van der Waals surface area contributed by atoms with Gasteiger partial charge in [-0.2, -0.15) is 0 Å². The number of nitrogens with one attached hydrogen (secondary N) is 1. The van der Waals surface area contributed by atoms with Crippen molar-refractivity contribution in [1.29, 1.82) is 0 Å². The Morgan fingerprint density at radius 1 is 1.25 bits per heavy atom. The number of nitrogens with zero attached hydrogens (tertiary/aromatic N) is 1. The summed E-state index contributed by atoms with van der Waals surface area (Å²) in [6, 6.07) is 8.40. The van der Waals surface area contributed by atoms with Crippen LogP contribution in [0.1, 0.15) is 5.56 Å². The van der Waals surface area contributed by atoms with E-state index in [1.807, 2.05) is 6.07 Å². The molecule has 0 aliphatic rings. The van der Waals surface area contributed by atoms with E-state index < -0.39 is 0 Å². The van der Waals surface area contributed by atoms with E-state index in [-0.39, 0.29) is 5.82 Å². The van der Waals surface area contributed by atoms with Gasteiger partial charge < -0.3 is 11.1 Å². The lowest BCUT2D eigenvalue weighted by Gasteiger charge is -2.09. The Kier molecular flexibility index (Phi) is 2.72. The Morgan fingerprint density at radius 2 is 2.06 bits per heavy atom. The van der Waals surface area contributed by atoms with Gasteiger partial charge in [-0.25, -0.2) is 9.37 Å². The van der Waals surface area contributed by atoms with Crippen LogP contribution in [-0.2, 0) is 0 Å². The van der Waals surface area contributed by atoms with Crippen molar-refractivity contribution in [1.82, 2.24) is 4.98 Å². The lowest BCUT2D eigenvalue weighted by molar-refractivity contribution is 0.619. The van der Waals surface area contributed by atoms with Crippen LogP contribution >= 0.6 is 0 Å². The highest BCUT2D eigenvalue weighted by molar-refractivity contribution is 5.63. The first-order chi connectivity index (χ1) is 7.66. The Hall–Kier alpha value is -2.10. The summed E-state index contributed by atoms with van der Waals surface area (Å²) in [6.07, 6.45) is 1.61. The molecule has 0 radical (unpaired) electrons. The van der Waals surface area contributed by atoms with Gasteiger partial charge in [-0.15, -0.1) is 0 Å². The fourth-order valence-electron chi connectivity index (χ4n) is 1.38. The zero-order chi connectivity index (χ0) is 11.5. The molecule has 0 aliphatic carbocycles.